The minimum atomic E-state index is 0. The van der Waals surface area contributed by atoms with Gasteiger partial charge in [-0.15, -0.1) is 17.0 Å². The molecule has 0 unspecified atom stereocenters. The van der Waals surface area contributed by atoms with Crippen LogP contribution in [0.3, 0.4) is 0 Å². The van der Waals surface area contributed by atoms with E-state index in [0.29, 0.717) is 0 Å². The molecule has 2 rings (SSSR count). The Bertz CT molecular complexity index is 144. The van der Waals surface area contributed by atoms with E-state index in [4.69, 9.17) is 4.74 Å². The smallest absolute Gasteiger partial charge is 0.381 e. The Kier molecular flexibility index (Phi) is 28.2. The Hall–Kier alpha value is 0.426. The minimum Gasteiger partial charge on any atom is -0.381 e. The first-order chi connectivity index (χ1) is 6.91. The maximum absolute atomic E-state index is 4.94. The predicted molar refractivity (Wildman–Crippen MR) is 77.1 cm³/mol. The summed E-state index contributed by atoms with van der Waals surface area (Å²) in [6.07, 6.45) is 3.56. The Morgan fingerprint density at radius 1 is 1.12 bits per heavy atom. The quantitative estimate of drug-likeness (QED) is 0.524. The molecule has 1 fully saturated rings. The fraction of sp³-hybridized carbons (Fsp3) is 0.462. The third-order valence-electron chi connectivity index (χ3n) is 1.43. The molecular formula is C13H21BrMgO. The largest absolute Gasteiger partial charge is 2.00 e. The van der Waals surface area contributed by atoms with Gasteiger partial charge in [0.1, 0.15) is 0 Å². The number of halogens is 1. The normalized spacial score (nSPS) is 11.6. The molecule has 0 atom stereocenters. The zero-order valence-electron chi connectivity index (χ0n) is 10.2. The summed E-state index contributed by atoms with van der Waals surface area (Å²) < 4.78 is 4.94. The molecule has 1 aromatic carbocycles. The summed E-state index contributed by atoms with van der Waals surface area (Å²) in [6, 6.07) is 12.5. The topological polar surface area (TPSA) is 9.23 Å². The third kappa shape index (κ3) is 19.9. The molecule has 0 radical (unpaired) electrons. The van der Waals surface area contributed by atoms with Crippen molar-refractivity contribution >= 4 is 40.0 Å². The minimum absolute atomic E-state index is 0. The standard InChI is InChI=1S/C6H5.C4H8O.C3H7.BrH.Mg/c1-2-4-6-5-3-1;1-2-4-5-3-1;1-3-2;;/h1-5H;1-4H2;1,3H2,2H3;1H;/q-1;;-1;;+2. The molecule has 88 valence electrons. The molecule has 0 bridgehead atoms. The van der Waals surface area contributed by atoms with Crippen molar-refractivity contribution in [2.45, 2.75) is 26.2 Å². The Morgan fingerprint density at radius 2 is 1.56 bits per heavy atom. The van der Waals surface area contributed by atoms with E-state index in [2.05, 4.69) is 13.0 Å². The van der Waals surface area contributed by atoms with Crippen molar-refractivity contribution in [2.24, 2.45) is 0 Å². The van der Waals surface area contributed by atoms with Gasteiger partial charge in [-0.3, -0.25) is 0 Å². The zero-order valence-corrected chi connectivity index (χ0v) is 13.3. The van der Waals surface area contributed by atoms with Crippen LogP contribution in [-0.2, 0) is 4.74 Å². The first-order valence-electron chi connectivity index (χ1n) is 5.20. The molecule has 0 aliphatic carbocycles. The molecule has 0 saturated carbocycles. The van der Waals surface area contributed by atoms with E-state index in [-0.39, 0.29) is 40.0 Å². The van der Waals surface area contributed by atoms with Gasteiger partial charge >= 0.3 is 23.1 Å². The summed E-state index contributed by atoms with van der Waals surface area (Å²) in [5.74, 6) is 0. The molecule has 0 amide bonds. The van der Waals surface area contributed by atoms with Crippen LogP contribution >= 0.6 is 17.0 Å². The second-order valence-electron chi connectivity index (χ2n) is 2.90. The van der Waals surface area contributed by atoms with Crippen molar-refractivity contribution in [3.8, 4) is 0 Å². The van der Waals surface area contributed by atoms with Crippen molar-refractivity contribution in [2.75, 3.05) is 13.2 Å². The van der Waals surface area contributed by atoms with Gasteiger partial charge in [0.15, 0.2) is 0 Å². The van der Waals surface area contributed by atoms with Crippen molar-refractivity contribution in [1.82, 2.24) is 0 Å². The van der Waals surface area contributed by atoms with Gasteiger partial charge in [0.05, 0.1) is 0 Å². The van der Waals surface area contributed by atoms with Crippen molar-refractivity contribution < 1.29 is 4.74 Å². The van der Waals surface area contributed by atoms with Crippen molar-refractivity contribution in [3.63, 3.8) is 0 Å². The van der Waals surface area contributed by atoms with Gasteiger partial charge in [-0.1, -0.05) is 6.92 Å². The van der Waals surface area contributed by atoms with Crippen molar-refractivity contribution in [3.05, 3.63) is 43.3 Å². The van der Waals surface area contributed by atoms with Gasteiger partial charge < -0.3 is 11.7 Å². The van der Waals surface area contributed by atoms with Gasteiger partial charge in [-0.05, 0) is 12.8 Å². The molecule has 1 aliphatic heterocycles. The van der Waals surface area contributed by atoms with E-state index >= 15 is 0 Å². The summed E-state index contributed by atoms with van der Waals surface area (Å²) in [4.78, 5) is 0. The summed E-state index contributed by atoms with van der Waals surface area (Å²) in [7, 11) is 0. The van der Waals surface area contributed by atoms with E-state index < -0.39 is 0 Å². The summed E-state index contributed by atoms with van der Waals surface area (Å²) >= 11 is 0. The Morgan fingerprint density at radius 3 is 1.69 bits per heavy atom. The van der Waals surface area contributed by atoms with Crippen LogP contribution in [0.2, 0.25) is 0 Å². The number of hydrogen-bond donors (Lipinski definition) is 0. The number of rotatable bonds is 0. The van der Waals surface area contributed by atoms with Crippen LogP contribution in [0.4, 0.5) is 0 Å². The predicted octanol–water partition coefficient (Wildman–Crippen LogP) is 3.71. The van der Waals surface area contributed by atoms with Crippen LogP contribution in [0.1, 0.15) is 26.2 Å². The molecule has 1 nitrogen and oxygen atoms in total. The van der Waals surface area contributed by atoms with Crippen LogP contribution in [0.15, 0.2) is 30.3 Å². The van der Waals surface area contributed by atoms with E-state index in [1.807, 2.05) is 37.3 Å². The second kappa shape index (κ2) is 20.8. The number of hydrogen-bond acceptors (Lipinski definition) is 1. The van der Waals surface area contributed by atoms with Gasteiger partial charge in [0.2, 0.25) is 0 Å². The van der Waals surface area contributed by atoms with Gasteiger partial charge in [-0.25, -0.2) is 0 Å². The van der Waals surface area contributed by atoms with Crippen LogP contribution < -0.4 is 0 Å². The van der Waals surface area contributed by atoms with E-state index in [9.17, 15) is 0 Å². The summed E-state index contributed by atoms with van der Waals surface area (Å²) in [5.41, 5.74) is 0. The first kappa shape index (κ1) is 21.7. The van der Waals surface area contributed by atoms with Crippen LogP contribution in [0, 0.1) is 13.0 Å². The second-order valence-corrected chi connectivity index (χ2v) is 2.90. The molecule has 16 heavy (non-hydrogen) atoms. The van der Waals surface area contributed by atoms with Crippen LogP contribution in [-0.4, -0.2) is 36.3 Å². The van der Waals surface area contributed by atoms with E-state index in [1.54, 1.807) is 0 Å². The fourth-order valence-corrected chi connectivity index (χ4v) is 0.852. The Labute approximate surface area is 127 Å². The molecule has 3 heteroatoms. The third-order valence-corrected chi connectivity index (χ3v) is 1.43. The van der Waals surface area contributed by atoms with E-state index in [1.165, 1.54) is 12.8 Å². The average Bonchev–Trinajstić information content (AvgIpc) is 2.80. The van der Waals surface area contributed by atoms with Crippen LogP contribution in [0.5, 0.6) is 0 Å². The number of ether oxygens (including phenoxy) is 1. The molecule has 1 heterocycles. The van der Waals surface area contributed by atoms with Gasteiger partial charge in [-0.2, -0.15) is 42.8 Å². The molecule has 0 N–H and O–H groups in total. The van der Waals surface area contributed by atoms with Gasteiger partial charge in [0.25, 0.3) is 0 Å². The van der Waals surface area contributed by atoms with Crippen LogP contribution in [0.25, 0.3) is 0 Å². The zero-order chi connectivity index (χ0) is 10.5. The SMILES string of the molecule is Br.C1CCOC1.[CH2-]CC.[Mg+2].[c-]1ccccc1. The molecule has 0 spiro atoms. The molecular weight excluding hydrogens is 276 g/mol. The summed E-state index contributed by atoms with van der Waals surface area (Å²) in [5, 5.41) is 0. The maximum atomic E-state index is 4.94. The van der Waals surface area contributed by atoms with E-state index in [0.717, 1.165) is 19.6 Å². The van der Waals surface area contributed by atoms with Gasteiger partial charge in [0, 0.05) is 13.2 Å². The maximum Gasteiger partial charge on any atom is 2.00 e. The van der Waals surface area contributed by atoms with Crippen molar-refractivity contribution in [1.29, 1.82) is 0 Å². The monoisotopic (exact) mass is 296 g/mol. The fourth-order valence-electron chi connectivity index (χ4n) is 0.852. The molecule has 1 aromatic rings. The average molecular weight is 298 g/mol. The number of benzene rings is 1. The summed E-state index contributed by atoms with van der Waals surface area (Å²) in [6.45, 7) is 7.50. The first-order valence-corrected chi connectivity index (χ1v) is 5.20. The molecule has 1 saturated heterocycles. The molecule has 0 aromatic heterocycles. The Balaban J connectivity index is -0.000000157. The molecule has 1 aliphatic rings.